The summed E-state index contributed by atoms with van der Waals surface area (Å²) in [6.07, 6.45) is 10.0. The molecule has 6 rings (SSSR count). The maximum absolute atomic E-state index is 13.0. The highest BCUT2D eigenvalue weighted by molar-refractivity contribution is 5.96. The molecule has 0 saturated carbocycles. The molecule has 0 unspecified atom stereocenters. The molecule has 4 aromatic rings. The minimum Gasteiger partial charge on any atom is -0.493 e. The van der Waals surface area contributed by atoms with Gasteiger partial charge in [0.1, 0.15) is 5.75 Å². The number of amides is 1. The lowest BCUT2D eigenvalue weighted by atomic mass is 10.0. The molecule has 10 heteroatoms. The van der Waals surface area contributed by atoms with Crippen LogP contribution in [0, 0.1) is 0 Å². The van der Waals surface area contributed by atoms with E-state index in [1.807, 2.05) is 43.5 Å². The number of likely N-dealkylation sites (tertiary alicyclic amines) is 1. The van der Waals surface area contributed by atoms with Gasteiger partial charge < -0.3 is 19.7 Å². The summed E-state index contributed by atoms with van der Waals surface area (Å²) >= 11 is 0. The average Bonchev–Trinajstić information content (AvgIpc) is 3.50. The fourth-order valence-corrected chi connectivity index (χ4v) is 4.92. The number of nitrogens with one attached hydrogen (secondary N) is 2. The third-order valence-corrected chi connectivity index (χ3v) is 7.17. The number of piperidine rings is 1. The molecule has 0 aliphatic carbocycles. The number of carbonyl (C=O) groups excluding carboxylic acids is 1. The quantitative estimate of drug-likeness (QED) is 0.422. The monoisotopic (exact) mass is 513 g/mol. The molecule has 1 fully saturated rings. The summed E-state index contributed by atoms with van der Waals surface area (Å²) in [5.41, 5.74) is 4.66. The Balaban J connectivity index is 1.31. The summed E-state index contributed by atoms with van der Waals surface area (Å²) in [7, 11) is 3.96. The molecule has 5 heterocycles. The Kier molecular flexibility index (Phi) is 6.55. The van der Waals surface area contributed by atoms with Gasteiger partial charge in [0.05, 0.1) is 48.1 Å². The van der Waals surface area contributed by atoms with Crippen LogP contribution >= 0.6 is 0 Å². The SMILES string of the molecule is CN1CCC(NC(=O)c2ccc3c(c2)OCCCOc2c(cnn2C)-c2cc4c(n[nH]c4cn2)C=C3)CC1. The first-order chi connectivity index (χ1) is 18.5. The molecule has 38 heavy (non-hydrogen) atoms. The van der Waals surface area contributed by atoms with Gasteiger partial charge in [-0.05, 0) is 63.3 Å². The summed E-state index contributed by atoms with van der Waals surface area (Å²) in [5, 5.41) is 16.0. The first kappa shape index (κ1) is 24.2. The van der Waals surface area contributed by atoms with Gasteiger partial charge >= 0.3 is 0 Å². The second-order valence-electron chi connectivity index (χ2n) is 9.90. The highest BCUT2D eigenvalue weighted by Crippen LogP contribution is 2.31. The molecule has 1 amide bonds. The van der Waals surface area contributed by atoms with Gasteiger partial charge in [0.15, 0.2) is 0 Å². The van der Waals surface area contributed by atoms with Crippen molar-refractivity contribution in [3.05, 3.63) is 53.5 Å². The number of fused-ring (bicyclic) bond motifs is 4. The second-order valence-corrected chi connectivity index (χ2v) is 9.90. The Labute approximate surface area is 220 Å². The van der Waals surface area contributed by atoms with E-state index in [2.05, 4.69) is 37.5 Å². The number of ether oxygens (including phenoxy) is 2. The number of nitrogens with zero attached hydrogens (tertiary/aromatic N) is 5. The minimum absolute atomic E-state index is 0.0729. The van der Waals surface area contributed by atoms with Gasteiger partial charge in [-0.3, -0.25) is 14.9 Å². The van der Waals surface area contributed by atoms with E-state index in [1.54, 1.807) is 17.1 Å². The number of aromatic nitrogens is 5. The van der Waals surface area contributed by atoms with E-state index in [9.17, 15) is 4.79 Å². The largest absolute Gasteiger partial charge is 0.493 e. The van der Waals surface area contributed by atoms with Gasteiger partial charge in [-0.2, -0.15) is 10.2 Å². The molecule has 0 spiro atoms. The number of hydrogen-bond acceptors (Lipinski definition) is 7. The van der Waals surface area contributed by atoms with Crippen molar-refractivity contribution < 1.29 is 14.3 Å². The van der Waals surface area contributed by atoms with Crippen LogP contribution in [0.4, 0.5) is 0 Å². The molecule has 3 aromatic heterocycles. The van der Waals surface area contributed by atoms with Gasteiger partial charge in [0.25, 0.3) is 5.91 Å². The highest BCUT2D eigenvalue weighted by Gasteiger charge is 2.20. The number of pyridine rings is 1. The van der Waals surface area contributed by atoms with E-state index in [0.717, 1.165) is 59.3 Å². The Hall–Kier alpha value is -4.18. The molecule has 196 valence electrons. The maximum Gasteiger partial charge on any atom is 0.251 e. The molecule has 10 nitrogen and oxygen atoms in total. The van der Waals surface area contributed by atoms with Gasteiger partial charge in [-0.1, -0.05) is 6.07 Å². The lowest BCUT2D eigenvalue weighted by Crippen LogP contribution is -2.43. The highest BCUT2D eigenvalue weighted by atomic mass is 16.5. The van der Waals surface area contributed by atoms with Crippen LogP contribution in [0.3, 0.4) is 0 Å². The zero-order valence-corrected chi connectivity index (χ0v) is 21.6. The van der Waals surface area contributed by atoms with Crippen LogP contribution in [0.5, 0.6) is 11.6 Å². The van der Waals surface area contributed by atoms with E-state index in [4.69, 9.17) is 9.47 Å². The number of benzene rings is 1. The molecule has 1 aromatic carbocycles. The Bertz CT molecular complexity index is 1500. The number of hydrogen-bond donors (Lipinski definition) is 2. The third kappa shape index (κ3) is 4.87. The van der Waals surface area contributed by atoms with Crippen LogP contribution in [0.25, 0.3) is 34.3 Å². The fraction of sp³-hybridized carbons (Fsp3) is 0.357. The topological polar surface area (TPSA) is 110 Å². The zero-order valence-electron chi connectivity index (χ0n) is 21.6. The average molecular weight is 514 g/mol. The smallest absolute Gasteiger partial charge is 0.251 e. The van der Waals surface area contributed by atoms with Crippen molar-refractivity contribution in [2.45, 2.75) is 25.3 Å². The molecule has 0 atom stereocenters. The van der Waals surface area contributed by atoms with Gasteiger partial charge in [0.2, 0.25) is 5.88 Å². The van der Waals surface area contributed by atoms with Crippen molar-refractivity contribution in [1.82, 2.24) is 35.2 Å². The number of aromatic amines is 1. The Morgan fingerprint density at radius 1 is 1.08 bits per heavy atom. The van der Waals surface area contributed by atoms with Crippen molar-refractivity contribution in [3.63, 3.8) is 0 Å². The summed E-state index contributed by atoms with van der Waals surface area (Å²) in [6, 6.07) is 7.79. The van der Waals surface area contributed by atoms with Crippen LogP contribution in [-0.2, 0) is 7.05 Å². The van der Waals surface area contributed by atoms with Crippen molar-refractivity contribution in [2.75, 3.05) is 33.4 Å². The number of carbonyl (C=O) groups is 1. The van der Waals surface area contributed by atoms with Gasteiger partial charge in [0, 0.05) is 36.0 Å². The predicted molar refractivity (Wildman–Crippen MR) is 145 cm³/mol. The maximum atomic E-state index is 13.0. The van der Waals surface area contributed by atoms with Crippen molar-refractivity contribution in [2.24, 2.45) is 7.05 Å². The van der Waals surface area contributed by atoms with Crippen LogP contribution in [0.2, 0.25) is 0 Å². The van der Waals surface area contributed by atoms with Gasteiger partial charge in [-0.15, -0.1) is 0 Å². The first-order valence-electron chi connectivity index (χ1n) is 13.0. The molecule has 2 aliphatic rings. The summed E-state index contributed by atoms with van der Waals surface area (Å²) in [4.78, 5) is 19.9. The van der Waals surface area contributed by atoms with E-state index >= 15 is 0 Å². The molecule has 0 radical (unpaired) electrons. The molecule has 2 aliphatic heterocycles. The standard InChI is InChI=1S/C28H31N7O3/c1-34-10-8-20(9-11-34)31-27(36)19-5-4-18-6-7-23-21-15-24(29-17-25(21)33-32-23)22-16-30-35(2)28(22)38-13-3-12-37-26(18)14-19/h4-7,14-17,20H,3,8-13H2,1-2H3,(H,31,36)(H,32,33). The Morgan fingerprint density at radius 3 is 2.79 bits per heavy atom. The van der Waals surface area contributed by atoms with E-state index < -0.39 is 0 Å². The van der Waals surface area contributed by atoms with Crippen molar-refractivity contribution in [3.8, 4) is 22.9 Å². The molecular formula is C28H31N7O3. The van der Waals surface area contributed by atoms with Crippen LogP contribution in [0.1, 0.15) is 40.9 Å². The molecule has 2 N–H and O–H groups in total. The molecule has 1 saturated heterocycles. The predicted octanol–water partition coefficient (Wildman–Crippen LogP) is 3.51. The van der Waals surface area contributed by atoms with Gasteiger partial charge in [-0.25, -0.2) is 4.68 Å². The van der Waals surface area contributed by atoms with Crippen LogP contribution in [-0.4, -0.2) is 75.2 Å². The number of H-pyrrole nitrogens is 1. The second kappa shape index (κ2) is 10.3. The van der Waals surface area contributed by atoms with E-state index in [1.165, 1.54) is 0 Å². The number of rotatable bonds is 2. The normalized spacial score (nSPS) is 16.7. The third-order valence-electron chi connectivity index (χ3n) is 7.17. The fourth-order valence-electron chi connectivity index (χ4n) is 4.92. The Morgan fingerprint density at radius 2 is 1.92 bits per heavy atom. The lowest BCUT2D eigenvalue weighted by molar-refractivity contribution is 0.0916. The van der Waals surface area contributed by atoms with Crippen LogP contribution in [0.15, 0.2) is 36.7 Å². The summed E-state index contributed by atoms with van der Waals surface area (Å²) in [6.45, 7) is 2.87. The first-order valence-corrected chi connectivity index (χ1v) is 13.0. The van der Waals surface area contributed by atoms with E-state index in [0.29, 0.717) is 36.8 Å². The summed E-state index contributed by atoms with van der Waals surface area (Å²) in [5.74, 6) is 1.23. The minimum atomic E-state index is -0.0729. The lowest BCUT2D eigenvalue weighted by Gasteiger charge is -2.29. The van der Waals surface area contributed by atoms with Crippen LogP contribution < -0.4 is 14.8 Å². The number of aryl methyl sites for hydroxylation is 1. The van der Waals surface area contributed by atoms with E-state index in [-0.39, 0.29) is 11.9 Å². The summed E-state index contributed by atoms with van der Waals surface area (Å²) < 4.78 is 14.0. The zero-order chi connectivity index (χ0) is 26.1. The van der Waals surface area contributed by atoms with Crippen molar-refractivity contribution in [1.29, 1.82) is 0 Å². The molecule has 2 bridgehead atoms. The molecular weight excluding hydrogens is 482 g/mol. The van der Waals surface area contributed by atoms with Crippen molar-refractivity contribution >= 4 is 29.0 Å².